The zero-order chi connectivity index (χ0) is 35.8. The van der Waals surface area contributed by atoms with Crippen LogP contribution in [0.4, 0.5) is 5.69 Å². The van der Waals surface area contributed by atoms with E-state index < -0.39 is 34.0 Å². The Kier molecular flexibility index (Phi) is 12.1. The zero-order valence-electron chi connectivity index (χ0n) is 29.0. The molecule has 1 heterocycles. The average Bonchev–Trinajstić information content (AvgIpc) is 3.12. The lowest BCUT2D eigenvalue weighted by molar-refractivity contribution is 0.0317. The second kappa shape index (κ2) is 16.4. The second-order valence-electron chi connectivity index (χ2n) is 13.1. The SMILES string of the molecule is C[C@@H]1CN[C@@H]([C@@H](O)[C@H](Cc2ccccc2)NC(=O)c2cc(C(=O)N[C@H](C)c3ccccc3)cc(N(C)S(C)(=O)=O)c2)CN1Cc1ccccc1. The molecule has 1 aliphatic heterocycles. The van der Waals surface area contributed by atoms with Gasteiger partial charge in [0.2, 0.25) is 10.0 Å². The van der Waals surface area contributed by atoms with Crippen LogP contribution in [0.2, 0.25) is 0 Å². The maximum atomic E-state index is 14.1. The fourth-order valence-corrected chi connectivity index (χ4v) is 6.71. The molecular weight excluding hydrogens is 651 g/mol. The van der Waals surface area contributed by atoms with E-state index in [9.17, 15) is 23.1 Å². The van der Waals surface area contributed by atoms with E-state index in [1.165, 1.54) is 30.8 Å². The lowest BCUT2D eigenvalue weighted by Gasteiger charge is -2.42. The van der Waals surface area contributed by atoms with Gasteiger partial charge in [-0.25, -0.2) is 8.42 Å². The maximum Gasteiger partial charge on any atom is 0.251 e. The predicted octanol–water partition coefficient (Wildman–Crippen LogP) is 4.14. The van der Waals surface area contributed by atoms with Crippen molar-refractivity contribution in [1.29, 1.82) is 0 Å². The van der Waals surface area contributed by atoms with Crippen molar-refractivity contribution in [2.45, 2.75) is 57.1 Å². The molecule has 4 N–H and O–H groups in total. The number of amides is 2. The summed E-state index contributed by atoms with van der Waals surface area (Å²) in [5, 5.41) is 21.4. The van der Waals surface area contributed by atoms with Gasteiger partial charge < -0.3 is 21.1 Å². The van der Waals surface area contributed by atoms with Crippen LogP contribution in [0.15, 0.2) is 109 Å². The molecule has 4 aromatic carbocycles. The predicted molar refractivity (Wildman–Crippen MR) is 198 cm³/mol. The van der Waals surface area contributed by atoms with Crippen molar-refractivity contribution in [2.75, 3.05) is 30.7 Å². The number of carbonyl (C=O) groups excluding carboxylic acids is 2. The number of nitrogens with one attached hydrogen (secondary N) is 3. The first-order valence-corrected chi connectivity index (χ1v) is 18.7. The van der Waals surface area contributed by atoms with Crippen LogP contribution in [0.1, 0.15) is 57.3 Å². The van der Waals surface area contributed by atoms with Gasteiger partial charge >= 0.3 is 0 Å². The molecule has 1 saturated heterocycles. The molecule has 0 saturated carbocycles. The fourth-order valence-electron chi connectivity index (χ4n) is 6.22. The lowest BCUT2D eigenvalue weighted by atomic mass is 9.93. The smallest absolute Gasteiger partial charge is 0.251 e. The average molecular weight is 698 g/mol. The van der Waals surface area contributed by atoms with E-state index in [0.717, 1.165) is 28.2 Å². The zero-order valence-corrected chi connectivity index (χ0v) is 29.8. The molecule has 2 amide bonds. The minimum absolute atomic E-state index is 0.0942. The summed E-state index contributed by atoms with van der Waals surface area (Å²) in [6.07, 6.45) is 0.439. The molecule has 1 aliphatic rings. The number of nitrogens with zero attached hydrogens (tertiary/aromatic N) is 2. The molecule has 5 rings (SSSR count). The van der Waals surface area contributed by atoms with Crippen LogP contribution in [0, 0.1) is 0 Å². The molecule has 0 aliphatic carbocycles. The second-order valence-corrected chi connectivity index (χ2v) is 15.2. The molecule has 1 fully saturated rings. The Hall–Kier alpha value is -4.55. The summed E-state index contributed by atoms with van der Waals surface area (Å²) in [6, 6.07) is 32.5. The first-order valence-electron chi connectivity index (χ1n) is 16.9. The molecule has 10 nitrogen and oxygen atoms in total. The number of hydrogen-bond acceptors (Lipinski definition) is 7. The molecule has 264 valence electrons. The Morgan fingerprint density at radius 3 is 2.00 bits per heavy atom. The van der Waals surface area contributed by atoms with Gasteiger partial charge in [0, 0.05) is 49.9 Å². The Labute approximate surface area is 295 Å². The lowest BCUT2D eigenvalue weighted by Crippen LogP contribution is -2.63. The van der Waals surface area contributed by atoms with Gasteiger partial charge in [-0.15, -0.1) is 0 Å². The molecule has 0 spiro atoms. The number of benzene rings is 4. The summed E-state index contributed by atoms with van der Waals surface area (Å²) in [7, 11) is -2.34. The summed E-state index contributed by atoms with van der Waals surface area (Å²) in [5.74, 6) is -0.997. The fraction of sp³-hybridized carbons (Fsp3) is 0.333. The molecule has 11 heteroatoms. The number of anilines is 1. The monoisotopic (exact) mass is 697 g/mol. The highest BCUT2D eigenvalue weighted by Gasteiger charge is 2.35. The minimum atomic E-state index is -3.71. The van der Waals surface area contributed by atoms with Crippen LogP contribution in [0.3, 0.4) is 0 Å². The Morgan fingerprint density at radius 1 is 0.880 bits per heavy atom. The number of sulfonamides is 1. The summed E-state index contributed by atoms with van der Waals surface area (Å²) < 4.78 is 26.1. The standard InChI is InChI=1S/C39H47N5O5S/c1-27-24-40-36(26-44(27)25-30-16-10-6-11-17-30)37(45)35(20-29-14-8-5-9-15-29)42-39(47)33-21-32(22-34(23-33)43(3)50(4,48)49)38(46)41-28(2)31-18-12-7-13-19-31/h5-19,21-23,27-28,35-37,40,45H,20,24-26H2,1-4H3,(H,41,46)(H,42,47)/t27-,28-,35+,36-,37+/m1/s1. The van der Waals surface area contributed by atoms with Crippen LogP contribution < -0.4 is 20.3 Å². The molecule has 0 bridgehead atoms. The summed E-state index contributed by atoms with van der Waals surface area (Å²) in [5.41, 5.74) is 3.40. The normalized spacial score (nSPS) is 18.4. The van der Waals surface area contributed by atoms with Gasteiger partial charge in [0.25, 0.3) is 11.8 Å². The van der Waals surface area contributed by atoms with Crippen LogP contribution >= 0.6 is 0 Å². The minimum Gasteiger partial charge on any atom is -0.389 e. The largest absolute Gasteiger partial charge is 0.389 e. The van der Waals surface area contributed by atoms with E-state index in [0.29, 0.717) is 19.5 Å². The van der Waals surface area contributed by atoms with E-state index in [2.05, 4.69) is 39.9 Å². The van der Waals surface area contributed by atoms with Gasteiger partial charge in [-0.05, 0) is 55.2 Å². The third-order valence-electron chi connectivity index (χ3n) is 9.35. The van der Waals surface area contributed by atoms with E-state index in [4.69, 9.17) is 0 Å². The molecule has 0 aromatic heterocycles. The molecule has 50 heavy (non-hydrogen) atoms. The third kappa shape index (κ3) is 9.57. The third-order valence-corrected chi connectivity index (χ3v) is 10.6. The van der Waals surface area contributed by atoms with Crippen LogP contribution in [-0.2, 0) is 23.0 Å². The topological polar surface area (TPSA) is 131 Å². The van der Waals surface area contributed by atoms with E-state index in [-0.39, 0.29) is 34.9 Å². The van der Waals surface area contributed by atoms with Crippen molar-refractivity contribution >= 4 is 27.5 Å². The van der Waals surface area contributed by atoms with Crippen LogP contribution in [-0.4, -0.2) is 80.9 Å². The number of carbonyl (C=O) groups is 2. The number of rotatable bonds is 13. The number of aliphatic hydroxyl groups excluding tert-OH is 1. The van der Waals surface area contributed by atoms with Gasteiger partial charge in [0.05, 0.1) is 30.1 Å². The van der Waals surface area contributed by atoms with Crippen molar-refractivity contribution < 1.29 is 23.1 Å². The number of piperazine rings is 1. The van der Waals surface area contributed by atoms with Gasteiger partial charge in [0.1, 0.15) is 0 Å². The molecule has 0 radical (unpaired) electrons. The first kappa shape index (κ1) is 36.7. The van der Waals surface area contributed by atoms with Crippen molar-refractivity contribution in [3.63, 3.8) is 0 Å². The van der Waals surface area contributed by atoms with Crippen molar-refractivity contribution in [3.05, 3.63) is 137 Å². The van der Waals surface area contributed by atoms with E-state index >= 15 is 0 Å². The van der Waals surface area contributed by atoms with Crippen molar-refractivity contribution in [1.82, 2.24) is 20.9 Å². The van der Waals surface area contributed by atoms with Gasteiger partial charge in [-0.2, -0.15) is 0 Å². The Bertz CT molecular complexity index is 1840. The Balaban J connectivity index is 1.42. The highest BCUT2D eigenvalue weighted by molar-refractivity contribution is 7.92. The van der Waals surface area contributed by atoms with Gasteiger partial charge in [0.15, 0.2) is 0 Å². The summed E-state index contributed by atoms with van der Waals surface area (Å²) in [4.78, 5) is 29.9. The van der Waals surface area contributed by atoms with E-state index in [1.54, 1.807) is 0 Å². The molecule has 0 unspecified atom stereocenters. The van der Waals surface area contributed by atoms with Crippen molar-refractivity contribution in [2.24, 2.45) is 0 Å². The highest BCUT2D eigenvalue weighted by atomic mass is 32.2. The number of aliphatic hydroxyl groups is 1. The van der Waals surface area contributed by atoms with Crippen molar-refractivity contribution in [3.8, 4) is 0 Å². The number of hydrogen-bond donors (Lipinski definition) is 4. The van der Waals surface area contributed by atoms with Gasteiger partial charge in [-0.1, -0.05) is 91.0 Å². The maximum absolute atomic E-state index is 14.1. The quantitative estimate of drug-likeness (QED) is 0.165. The molecule has 5 atom stereocenters. The highest BCUT2D eigenvalue weighted by Crippen LogP contribution is 2.23. The first-order chi connectivity index (χ1) is 23.9. The summed E-state index contributed by atoms with van der Waals surface area (Å²) in [6.45, 7) is 5.97. The molecule has 4 aromatic rings. The molecular formula is C39H47N5O5S. The van der Waals surface area contributed by atoms with Crippen LogP contribution in [0.25, 0.3) is 0 Å². The van der Waals surface area contributed by atoms with Crippen LogP contribution in [0.5, 0.6) is 0 Å². The van der Waals surface area contributed by atoms with E-state index in [1.807, 2.05) is 85.8 Å². The van der Waals surface area contributed by atoms with Gasteiger partial charge in [-0.3, -0.25) is 18.8 Å². The summed E-state index contributed by atoms with van der Waals surface area (Å²) >= 11 is 0. The Morgan fingerprint density at radius 2 is 1.42 bits per heavy atom.